The fraction of sp³-hybridized carbons (Fsp3) is 0.571. The monoisotopic (exact) mass is 385 g/mol. The van der Waals surface area contributed by atoms with Crippen molar-refractivity contribution in [2.24, 2.45) is 5.92 Å². The lowest BCUT2D eigenvalue weighted by Crippen LogP contribution is -2.49. The van der Waals surface area contributed by atoms with Crippen molar-refractivity contribution in [1.82, 2.24) is 9.88 Å². The normalized spacial score (nSPS) is 21.2. The number of carbonyl (C=O) groups is 2. The number of para-hydroxylation sites is 2. The number of amides is 1. The van der Waals surface area contributed by atoms with E-state index in [4.69, 9.17) is 9.52 Å². The van der Waals surface area contributed by atoms with Crippen molar-refractivity contribution in [3.05, 3.63) is 24.3 Å². The maximum absolute atomic E-state index is 13.1. The van der Waals surface area contributed by atoms with Gasteiger partial charge in [-0.25, -0.2) is 0 Å². The Kier molecular flexibility index (Phi) is 5.50. The molecule has 0 spiro atoms. The van der Waals surface area contributed by atoms with Gasteiger partial charge in [0, 0.05) is 38.0 Å². The van der Waals surface area contributed by atoms with E-state index in [0.29, 0.717) is 12.4 Å². The van der Waals surface area contributed by atoms with E-state index in [0.717, 1.165) is 62.8 Å². The molecule has 0 aliphatic carbocycles. The van der Waals surface area contributed by atoms with Gasteiger partial charge in [0.1, 0.15) is 5.52 Å². The number of likely N-dealkylation sites (tertiary alicyclic amines) is 1. The van der Waals surface area contributed by atoms with Gasteiger partial charge in [0.05, 0.1) is 0 Å². The van der Waals surface area contributed by atoms with Crippen LogP contribution >= 0.6 is 0 Å². The Hall–Kier alpha value is -2.57. The van der Waals surface area contributed by atoms with Crippen LogP contribution in [0.4, 0.5) is 6.01 Å². The van der Waals surface area contributed by atoms with Gasteiger partial charge in [-0.3, -0.25) is 9.59 Å². The van der Waals surface area contributed by atoms with E-state index >= 15 is 0 Å². The highest BCUT2D eigenvalue weighted by Crippen LogP contribution is 2.29. The maximum atomic E-state index is 13.1. The minimum atomic E-state index is -0.787. The number of carboxylic acid groups (broad SMARTS) is 1. The molecule has 2 saturated heterocycles. The van der Waals surface area contributed by atoms with Crippen LogP contribution in [0.15, 0.2) is 28.7 Å². The fourth-order valence-corrected chi connectivity index (χ4v) is 4.43. The number of piperidine rings is 2. The summed E-state index contributed by atoms with van der Waals surface area (Å²) in [5, 5.41) is 8.98. The summed E-state index contributed by atoms with van der Waals surface area (Å²) in [5.74, 6) is -0.581. The average Bonchev–Trinajstić information content (AvgIpc) is 3.16. The highest BCUT2D eigenvalue weighted by molar-refractivity contribution is 5.80. The number of aromatic nitrogens is 1. The number of carboxylic acids is 1. The number of benzene rings is 1. The van der Waals surface area contributed by atoms with Crippen molar-refractivity contribution >= 4 is 29.0 Å². The third kappa shape index (κ3) is 3.98. The Balaban J connectivity index is 1.36. The molecule has 1 unspecified atom stereocenters. The molecule has 2 fully saturated rings. The predicted molar refractivity (Wildman–Crippen MR) is 105 cm³/mol. The summed E-state index contributed by atoms with van der Waals surface area (Å²) >= 11 is 0. The second-order valence-corrected chi connectivity index (χ2v) is 7.84. The molecule has 1 atom stereocenters. The highest BCUT2D eigenvalue weighted by atomic mass is 16.4. The number of rotatable bonds is 5. The zero-order valence-electron chi connectivity index (χ0n) is 16.0. The average molecular weight is 385 g/mol. The Morgan fingerprint density at radius 1 is 1.11 bits per heavy atom. The molecular formula is C21H27N3O4. The van der Waals surface area contributed by atoms with Gasteiger partial charge in [0.15, 0.2) is 5.58 Å². The smallest absolute Gasteiger partial charge is 0.303 e. The lowest BCUT2D eigenvalue weighted by Gasteiger charge is -2.39. The Morgan fingerprint density at radius 2 is 1.89 bits per heavy atom. The number of hydrogen-bond acceptors (Lipinski definition) is 5. The summed E-state index contributed by atoms with van der Waals surface area (Å²) in [6, 6.07) is 8.43. The van der Waals surface area contributed by atoms with Gasteiger partial charge in [-0.05, 0) is 50.7 Å². The zero-order chi connectivity index (χ0) is 19.5. The highest BCUT2D eigenvalue weighted by Gasteiger charge is 2.34. The molecule has 2 aliphatic rings. The van der Waals surface area contributed by atoms with Crippen molar-refractivity contribution in [2.75, 3.05) is 24.5 Å². The van der Waals surface area contributed by atoms with Crippen molar-refractivity contribution in [3.8, 4) is 0 Å². The van der Waals surface area contributed by atoms with Crippen LogP contribution in [0.25, 0.3) is 11.1 Å². The fourth-order valence-electron chi connectivity index (χ4n) is 4.43. The third-order valence-corrected chi connectivity index (χ3v) is 6.00. The van der Waals surface area contributed by atoms with Gasteiger partial charge in [-0.15, -0.1) is 0 Å². The first-order valence-corrected chi connectivity index (χ1v) is 10.2. The molecule has 1 aromatic carbocycles. The molecule has 7 nitrogen and oxygen atoms in total. The van der Waals surface area contributed by atoms with Crippen molar-refractivity contribution in [2.45, 2.75) is 51.0 Å². The summed E-state index contributed by atoms with van der Waals surface area (Å²) in [6.45, 7) is 2.25. The maximum Gasteiger partial charge on any atom is 0.303 e. The van der Waals surface area contributed by atoms with Gasteiger partial charge in [-0.1, -0.05) is 12.1 Å². The first kappa shape index (κ1) is 18.8. The van der Waals surface area contributed by atoms with Crippen LogP contribution in [0.1, 0.15) is 44.9 Å². The van der Waals surface area contributed by atoms with Gasteiger partial charge >= 0.3 is 5.97 Å². The van der Waals surface area contributed by atoms with E-state index < -0.39 is 5.97 Å². The molecule has 2 aromatic rings. The standard InChI is InChI=1S/C21H27N3O4/c25-19(26)9-8-16-5-3-4-12-24(16)20(27)15-10-13-23(14-11-15)21-22-17-6-1-2-7-18(17)28-21/h1-2,6-7,15-16H,3-5,8-14H2,(H,25,26). The number of nitrogens with zero attached hydrogens (tertiary/aromatic N) is 3. The number of anilines is 1. The van der Waals surface area contributed by atoms with Gasteiger partial charge in [0.25, 0.3) is 6.01 Å². The topological polar surface area (TPSA) is 86.9 Å². The van der Waals surface area contributed by atoms with E-state index in [-0.39, 0.29) is 24.3 Å². The van der Waals surface area contributed by atoms with Crippen LogP contribution < -0.4 is 4.90 Å². The van der Waals surface area contributed by atoms with Gasteiger partial charge in [-0.2, -0.15) is 4.98 Å². The molecule has 0 saturated carbocycles. The van der Waals surface area contributed by atoms with E-state index in [1.165, 1.54) is 0 Å². The summed E-state index contributed by atoms with van der Waals surface area (Å²) in [7, 11) is 0. The first-order chi connectivity index (χ1) is 13.6. The van der Waals surface area contributed by atoms with E-state index in [2.05, 4.69) is 9.88 Å². The second-order valence-electron chi connectivity index (χ2n) is 7.84. The summed E-state index contributed by atoms with van der Waals surface area (Å²) in [6.07, 6.45) is 5.24. The first-order valence-electron chi connectivity index (χ1n) is 10.2. The van der Waals surface area contributed by atoms with Crippen LogP contribution in [-0.2, 0) is 9.59 Å². The largest absolute Gasteiger partial charge is 0.481 e. The van der Waals surface area contributed by atoms with E-state index in [9.17, 15) is 9.59 Å². The predicted octanol–water partition coefficient (Wildman–Crippen LogP) is 3.29. The molecule has 2 aliphatic heterocycles. The van der Waals surface area contributed by atoms with Gasteiger partial charge in [0.2, 0.25) is 5.91 Å². The molecule has 150 valence electrons. The Morgan fingerprint density at radius 3 is 2.64 bits per heavy atom. The number of aliphatic carboxylic acids is 1. The summed E-state index contributed by atoms with van der Waals surface area (Å²) in [4.78, 5) is 32.7. The van der Waals surface area contributed by atoms with Crippen LogP contribution in [0.3, 0.4) is 0 Å². The minimum Gasteiger partial charge on any atom is -0.481 e. The van der Waals surface area contributed by atoms with E-state index in [1.807, 2.05) is 29.2 Å². The Labute approximate surface area is 164 Å². The molecule has 1 aromatic heterocycles. The van der Waals surface area contributed by atoms with Crippen LogP contribution in [-0.4, -0.2) is 52.5 Å². The molecule has 1 amide bonds. The van der Waals surface area contributed by atoms with Crippen molar-refractivity contribution in [3.63, 3.8) is 0 Å². The number of carbonyl (C=O) groups excluding carboxylic acids is 1. The molecule has 0 radical (unpaired) electrons. The Bertz CT molecular complexity index is 808. The minimum absolute atomic E-state index is 0.00561. The van der Waals surface area contributed by atoms with Crippen LogP contribution in [0, 0.1) is 5.92 Å². The molecule has 3 heterocycles. The summed E-state index contributed by atoms with van der Waals surface area (Å²) < 4.78 is 5.85. The van der Waals surface area contributed by atoms with Crippen molar-refractivity contribution < 1.29 is 19.1 Å². The zero-order valence-corrected chi connectivity index (χ0v) is 16.0. The third-order valence-electron chi connectivity index (χ3n) is 6.00. The van der Waals surface area contributed by atoms with Crippen LogP contribution in [0.5, 0.6) is 0 Å². The molecule has 28 heavy (non-hydrogen) atoms. The molecule has 0 bridgehead atoms. The molecule has 7 heteroatoms. The molecule has 4 rings (SSSR count). The molecular weight excluding hydrogens is 358 g/mol. The lowest BCUT2D eigenvalue weighted by molar-refractivity contribution is -0.142. The van der Waals surface area contributed by atoms with Gasteiger partial charge < -0.3 is 19.3 Å². The second kappa shape index (κ2) is 8.20. The molecule has 1 N–H and O–H groups in total. The van der Waals surface area contributed by atoms with Crippen LogP contribution in [0.2, 0.25) is 0 Å². The summed E-state index contributed by atoms with van der Waals surface area (Å²) in [5.41, 5.74) is 1.63. The number of fused-ring (bicyclic) bond motifs is 1. The van der Waals surface area contributed by atoms with E-state index in [1.54, 1.807) is 0 Å². The van der Waals surface area contributed by atoms with Crippen molar-refractivity contribution in [1.29, 1.82) is 0 Å². The lowest BCUT2D eigenvalue weighted by atomic mass is 9.91. The quantitative estimate of drug-likeness (QED) is 0.850. The SMILES string of the molecule is O=C(O)CCC1CCCCN1C(=O)C1CCN(c2nc3ccccc3o2)CC1. The number of oxazole rings is 1. The number of hydrogen-bond donors (Lipinski definition) is 1.